The van der Waals surface area contributed by atoms with E-state index in [-0.39, 0.29) is 40.5 Å². The predicted molar refractivity (Wildman–Crippen MR) is 122 cm³/mol. The maximum atomic E-state index is 12.4. The number of aromatic nitrogens is 4. The van der Waals surface area contributed by atoms with Crippen LogP contribution in [0.4, 0.5) is 11.6 Å². The number of aliphatic carboxylic acids is 2. The number of carboxylic acids is 2. The van der Waals surface area contributed by atoms with E-state index in [0.29, 0.717) is 4.31 Å². The predicted octanol–water partition coefficient (Wildman–Crippen LogP) is -0.847. The highest BCUT2D eigenvalue weighted by atomic mass is 32.2. The van der Waals surface area contributed by atoms with Gasteiger partial charge in [-0.1, -0.05) is 0 Å². The fraction of sp³-hybridized carbons (Fsp3) is 0.211. The van der Waals surface area contributed by atoms with Gasteiger partial charge < -0.3 is 21.3 Å². The third kappa shape index (κ3) is 6.27. The SMILES string of the molecule is Nc1nc2ncc(CN(c3ccc(C(=O)N[C@@H](CCC(=O)O)C(=O)O)cc3)S(=O)(=O)O)nc2c(=O)[nH]1. The highest BCUT2D eigenvalue weighted by Crippen LogP contribution is 2.21. The number of nitrogens with two attached hydrogens (primary N) is 1. The number of anilines is 2. The number of amides is 1. The molecule has 17 heteroatoms. The summed E-state index contributed by atoms with van der Waals surface area (Å²) in [6, 6.07) is 3.21. The van der Waals surface area contributed by atoms with Gasteiger partial charge in [-0.3, -0.25) is 23.9 Å². The van der Waals surface area contributed by atoms with E-state index in [1.54, 1.807) is 0 Å². The summed E-state index contributed by atoms with van der Waals surface area (Å²) in [5, 5.41) is 20.1. The molecule has 3 rings (SSSR count). The Morgan fingerprint density at radius 1 is 1.14 bits per heavy atom. The number of aromatic amines is 1. The van der Waals surface area contributed by atoms with Crippen molar-refractivity contribution in [2.75, 3.05) is 10.0 Å². The van der Waals surface area contributed by atoms with E-state index < -0.39 is 52.7 Å². The fourth-order valence-electron chi connectivity index (χ4n) is 3.05. The molecule has 0 radical (unpaired) electrons. The van der Waals surface area contributed by atoms with Gasteiger partial charge in [0.15, 0.2) is 11.2 Å². The van der Waals surface area contributed by atoms with Crippen LogP contribution >= 0.6 is 0 Å². The minimum Gasteiger partial charge on any atom is -0.481 e. The van der Waals surface area contributed by atoms with Crippen molar-refractivity contribution in [2.24, 2.45) is 0 Å². The second-order valence-electron chi connectivity index (χ2n) is 7.31. The van der Waals surface area contributed by atoms with Crippen LogP contribution in [0.2, 0.25) is 0 Å². The number of nitrogens with zero attached hydrogens (tertiary/aromatic N) is 4. The van der Waals surface area contributed by atoms with Crippen molar-refractivity contribution in [1.29, 1.82) is 0 Å². The number of nitrogens with one attached hydrogen (secondary N) is 2. The van der Waals surface area contributed by atoms with Crippen LogP contribution in [0.5, 0.6) is 0 Å². The molecule has 0 saturated carbocycles. The highest BCUT2D eigenvalue weighted by Gasteiger charge is 2.24. The molecule has 0 aliphatic rings. The van der Waals surface area contributed by atoms with E-state index in [1.165, 1.54) is 24.3 Å². The number of hydrogen-bond acceptors (Lipinski definition) is 10. The Balaban J connectivity index is 1.83. The normalized spacial score (nSPS) is 12.1. The lowest BCUT2D eigenvalue weighted by molar-refractivity contribution is -0.140. The van der Waals surface area contributed by atoms with Crippen LogP contribution in [0, 0.1) is 0 Å². The molecule has 0 spiro atoms. The lowest BCUT2D eigenvalue weighted by Gasteiger charge is -2.21. The van der Waals surface area contributed by atoms with Crippen LogP contribution in [-0.4, -0.2) is 67.0 Å². The number of carbonyl (C=O) groups excluding carboxylic acids is 1. The Kier molecular flexibility index (Phi) is 7.45. The lowest BCUT2D eigenvalue weighted by atomic mass is 10.1. The number of nitrogen functional groups attached to an aromatic ring is 1. The molecule has 0 aliphatic carbocycles. The number of fused-ring (bicyclic) bond motifs is 1. The summed E-state index contributed by atoms with van der Waals surface area (Å²) in [4.78, 5) is 60.3. The van der Waals surface area contributed by atoms with E-state index in [0.717, 1.165) is 6.20 Å². The summed E-state index contributed by atoms with van der Waals surface area (Å²) < 4.78 is 34.3. The van der Waals surface area contributed by atoms with E-state index in [4.69, 9.17) is 10.8 Å². The number of hydrogen-bond donors (Lipinski definition) is 6. The molecule has 2 aromatic heterocycles. The molecular formula is C19H19N7O9S. The van der Waals surface area contributed by atoms with Crippen LogP contribution in [0.3, 0.4) is 0 Å². The number of carbonyl (C=O) groups is 3. The Bertz CT molecular complexity index is 1490. The molecule has 1 atom stereocenters. The average Bonchev–Trinajstić information content (AvgIpc) is 2.79. The van der Waals surface area contributed by atoms with Gasteiger partial charge in [-0.2, -0.15) is 13.4 Å². The van der Waals surface area contributed by atoms with Crippen molar-refractivity contribution in [3.8, 4) is 0 Å². The van der Waals surface area contributed by atoms with Crippen molar-refractivity contribution in [3.63, 3.8) is 0 Å². The fourth-order valence-corrected chi connectivity index (χ4v) is 3.73. The molecule has 0 unspecified atom stereocenters. The van der Waals surface area contributed by atoms with E-state index in [2.05, 4.69) is 25.3 Å². The monoisotopic (exact) mass is 521 g/mol. The average molecular weight is 521 g/mol. The minimum atomic E-state index is -4.85. The maximum absolute atomic E-state index is 12.4. The first-order valence-corrected chi connectivity index (χ1v) is 11.4. The highest BCUT2D eigenvalue weighted by molar-refractivity contribution is 7.87. The standard InChI is InChI=1S/C19H19N7O9S/c20-19-24-15-14(17(30)25-19)22-10(7-21-15)8-26(36(33,34)35)11-3-1-9(2-4-11)16(29)23-12(18(31)32)5-6-13(27)28/h1-4,7,12H,5-6,8H2,(H,23,29)(H,27,28)(H,31,32)(H,33,34,35)(H3,20,21,24,25,30)/t12-/m0/s1. The third-order valence-electron chi connectivity index (χ3n) is 4.74. The molecule has 1 amide bonds. The molecule has 0 bridgehead atoms. The quantitative estimate of drug-likeness (QED) is 0.178. The third-order valence-corrected chi connectivity index (χ3v) is 5.63. The zero-order valence-electron chi connectivity index (χ0n) is 18.2. The van der Waals surface area contributed by atoms with Crippen molar-refractivity contribution >= 4 is 50.9 Å². The number of H-pyrrole nitrogens is 1. The van der Waals surface area contributed by atoms with Crippen LogP contribution in [0.1, 0.15) is 28.9 Å². The van der Waals surface area contributed by atoms with Crippen LogP contribution in [0.25, 0.3) is 11.2 Å². The van der Waals surface area contributed by atoms with Crippen molar-refractivity contribution < 1.29 is 37.6 Å². The van der Waals surface area contributed by atoms with E-state index in [9.17, 15) is 37.3 Å². The molecule has 2 heterocycles. The largest absolute Gasteiger partial charge is 0.481 e. The van der Waals surface area contributed by atoms with Crippen LogP contribution < -0.4 is 20.9 Å². The van der Waals surface area contributed by atoms with Gasteiger partial charge in [0.05, 0.1) is 24.1 Å². The molecule has 190 valence electrons. The summed E-state index contributed by atoms with van der Waals surface area (Å²) in [5.74, 6) is -3.68. The van der Waals surface area contributed by atoms with Gasteiger partial charge in [0.1, 0.15) is 6.04 Å². The van der Waals surface area contributed by atoms with Gasteiger partial charge in [-0.25, -0.2) is 19.1 Å². The Morgan fingerprint density at radius 2 is 1.81 bits per heavy atom. The van der Waals surface area contributed by atoms with Crippen LogP contribution in [0.15, 0.2) is 35.3 Å². The van der Waals surface area contributed by atoms with Gasteiger partial charge in [0.25, 0.3) is 11.5 Å². The van der Waals surface area contributed by atoms with Crippen LogP contribution in [-0.2, 0) is 26.4 Å². The van der Waals surface area contributed by atoms with Crippen molar-refractivity contribution in [2.45, 2.75) is 25.4 Å². The molecule has 16 nitrogen and oxygen atoms in total. The summed E-state index contributed by atoms with van der Waals surface area (Å²) in [6.07, 6.45) is 0.312. The molecule has 36 heavy (non-hydrogen) atoms. The zero-order chi connectivity index (χ0) is 26.6. The van der Waals surface area contributed by atoms with Crippen molar-refractivity contribution in [1.82, 2.24) is 25.3 Å². The van der Waals surface area contributed by atoms with Gasteiger partial charge in [0, 0.05) is 12.0 Å². The number of rotatable bonds is 10. The minimum absolute atomic E-state index is 0.0262. The second kappa shape index (κ2) is 10.3. The number of carboxylic acid groups (broad SMARTS) is 2. The molecule has 0 saturated heterocycles. The van der Waals surface area contributed by atoms with Crippen molar-refractivity contribution in [3.05, 3.63) is 52.1 Å². The molecule has 0 fully saturated rings. The zero-order valence-corrected chi connectivity index (χ0v) is 19.0. The second-order valence-corrected chi connectivity index (χ2v) is 8.65. The Labute approximate surface area is 201 Å². The smallest absolute Gasteiger partial charge is 0.360 e. The first-order valence-electron chi connectivity index (χ1n) is 9.97. The topological polar surface area (TPSA) is 259 Å². The summed E-state index contributed by atoms with van der Waals surface area (Å²) >= 11 is 0. The Hall–Kier alpha value is -4.64. The Morgan fingerprint density at radius 3 is 2.39 bits per heavy atom. The molecular weight excluding hydrogens is 502 g/mol. The van der Waals surface area contributed by atoms with Gasteiger partial charge in [-0.05, 0) is 30.7 Å². The first-order chi connectivity index (χ1) is 16.8. The summed E-state index contributed by atoms with van der Waals surface area (Å²) in [5.41, 5.74) is 4.27. The molecule has 0 aliphatic heterocycles. The summed E-state index contributed by atoms with van der Waals surface area (Å²) in [7, 11) is -4.85. The molecule has 7 N–H and O–H groups in total. The number of benzene rings is 1. The van der Waals surface area contributed by atoms with Gasteiger partial charge in [-0.15, -0.1) is 0 Å². The first kappa shape index (κ1) is 26.0. The van der Waals surface area contributed by atoms with Gasteiger partial charge in [0.2, 0.25) is 5.95 Å². The molecule has 3 aromatic rings. The lowest BCUT2D eigenvalue weighted by Crippen LogP contribution is -2.41. The van der Waals surface area contributed by atoms with E-state index >= 15 is 0 Å². The van der Waals surface area contributed by atoms with E-state index in [1.807, 2.05) is 0 Å². The molecule has 1 aromatic carbocycles. The van der Waals surface area contributed by atoms with Gasteiger partial charge >= 0.3 is 22.2 Å². The maximum Gasteiger partial charge on any atom is 0.360 e. The summed E-state index contributed by atoms with van der Waals surface area (Å²) in [6.45, 7) is -0.548.